The van der Waals surface area contributed by atoms with Crippen molar-refractivity contribution >= 4 is 27.5 Å². The number of rotatable bonds is 2. The van der Waals surface area contributed by atoms with Crippen molar-refractivity contribution < 1.29 is 13.6 Å². The van der Waals surface area contributed by atoms with E-state index in [1.165, 1.54) is 30.3 Å². The van der Waals surface area contributed by atoms with Gasteiger partial charge in [-0.15, -0.1) is 0 Å². The van der Waals surface area contributed by atoms with Crippen LogP contribution in [-0.4, -0.2) is 5.91 Å². The third kappa shape index (κ3) is 2.98. The van der Waals surface area contributed by atoms with Gasteiger partial charge in [-0.2, -0.15) is 0 Å². The maximum absolute atomic E-state index is 13.6. The zero-order chi connectivity index (χ0) is 14.0. The first-order valence-electron chi connectivity index (χ1n) is 5.50. The van der Waals surface area contributed by atoms with Crippen molar-refractivity contribution in [2.75, 3.05) is 5.32 Å². The Balaban J connectivity index is 2.31. The fraction of sp³-hybridized carbons (Fsp3) is 0.0714. The average molecular weight is 326 g/mol. The molecular weight excluding hydrogens is 316 g/mol. The van der Waals surface area contributed by atoms with E-state index in [2.05, 4.69) is 21.2 Å². The summed E-state index contributed by atoms with van der Waals surface area (Å²) in [5.74, 6) is -1.59. The maximum Gasteiger partial charge on any atom is 0.259 e. The minimum Gasteiger partial charge on any atom is -0.322 e. The van der Waals surface area contributed by atoms with Crippen molar-refractivity contribution in [1.29, 1.82) is 0 Å². The second-order valence-electron chi connectivity index (χ2n) is 4.01. The number of anilines is 1. The van der Waals surface area contributed by atoms with Gasteiger partial charge in [-0.05, 0) is 58.7 Å². The molecule has 1 amide bonds. The van der Waals surface area contributed by atoms with Crippen LogP contribution in [0, 0.1) is 18.6 Å². The van der Waals surface area contributed by atoms with Crippen LogP contribution in [-0.2, 0) is 0 Å². The van der Waals surface area contributed by atoms with Crippen molar-refractivity contribution in [3.05, 3.63) is 63.6 Å². The van der Waals surface area contributed by atoms with E-state index in [1.54, 1.807) is 13.0 Å². The minimum atomic E-state index is -0.619. The number of nitrogens with one attached hydrogen (secondary N) is 1. The fourth-order valence-corrected chi connectivity index (χ4v) is 2.19. The number of carbonyl (C=O) groups excluding carboxylic acids is 1. The van der Waals surface area contributed by atoms with Crippen LogP contribution in [0.25, 0.3) is 0 Å². The number of hydrogen-bond acceptors (Lipinski definition) is 1. The molecule has 0 aliphatic heterocycles. The number of halogens is 3. The summed E-state index contributed by atoms with van der Waals surface area (Å²) < 4.78 is 26.9. The van der Waals surface area contributed by atoms with Gasteiger partial charge in [-0.25, -0.2) is 8.78 Å². The van der Waals surface area contributed by atoms with E-state index in [1.807, 2.05) is 0 Å². The molecule has 0 radical (unpaired) electrons. The van der Waals surface area contributed by atoms with Crippen LogP contribution in [0.4, 0.5) is 14.5 Å². The highest BCUT2D eigenvalue weighted by atomic mass is 79.9. The summed E-state index contributed by atoms with van der Waals surface area (Å²) in [6.07, 6.45) is 0. The fourth-order valence-electron chi connectivity index (χ4n) is 1.67. The van der Waals surface area contributed by atoms with Gasteiger partial charge < -0.3 is 5.32 Å². The summed E-state index contributed by atoms with van der Waals surface area (Å²) in [5, 5.41) is 2.56. The van der Waals surface area contributed by atoms with E-state index < -0.39 is 11.7 Å². The second kappa shape index (κ2) is 5.48. The molecule has 0 aliphatic rings. The van der Waals surface area contributed by atoms with Gasteiger partial charge in [0.05, 0.1) is 5.56 Å². The molecule has 0 unspecified atom stereocenters. The molecule has 0 fully saturated rings. The van der Waals surface area contributed by atoms with Crippen LogP contribution < -0.4 is 5.32 Å². The van der Waals surface area contributed by atoms with Gasteiger partial charge in [0, 0.05) is 10.2 Å². The number of benzene rings is 2. The van der Waals surface area contributed by atoms with Crippen molar-refractivity contribution in [3.63, 3.8) is 0 Å². The van der Waals surface area contributed by atoms with Gasteiger partial charge in [-0.3, -0.25) is 4.79 Å². The van der Waals surface area contributed by atoms with E-state index in [0.29, 0.717) is 15.7 Å². The molecule has 0 spiro atoms. The van der Waals surface area contributed by atoms with Crippen LogP contribution in [0.15, 0.2) is 40.9 Å². The summed E-state index contributed by atoms with van der Waals surface area (Å²) in [6, 6.07) is 8.26. The lowest BCUT2D eigenvalue weighted by Crippen LogP contribution is -2.15. The Kier molecular flexibility index (Phi) is 3.95. The van der Waals surface area contributed by atoms with Gasteiger partial charge in [0.15, 0.2) is 0 Å². The lowest BCUT2D eigenvalue weighted by Gasteiger charge is -2.10. The molecule has 0 saturated carbocycles. The van der Waals surface area contributed by atoms with Crippen molar-refractivity contribution in [2.45, 2.75) is 6.92 Å². The monoisotopic (exact) mass is 325 g/mol. The summed E-state index contributed by atoms with van der Waals surface area (Å²) in [5.41, 5.74) is 0.939. The predicted octanol–water partition coefficient (Wildman–Crippen LogP) is 4.29. The first kappa shape index (κ1) is 13.7. The van der Waals surface area contributed by atoms with Gasteiger partial charge >= 0.3 is 0 Å². The molecule has 98 valence electrons. The standard InChI is InChI=1S/C14H10BrF2NO/c1-8-7-9(16)5-6-12(8)18-14(19)13-10(15)3-2-4-11(13)17/h2-7H,1H3,(H,18,19). The molecule has 0 saturated heterocycles. The molecule has 5 heteroatoms. The molecule has 2 rings (SSSR count). The molecule has 2 aromatic carbocycles. The highest BCUT2D eigenvalue weighted by Crippen LogP contribution is 2.22. The van der Waals surface area contributed by atoms with Gasteiger partial charge in [-0.1, -0.05) is 6.07 Å². The third-order valence-electron chi connectivity index (χ3n) is 2.63. The molecule has 2 nitrogen and oxygen atoms in total. The maximum atomic E-state index is 13.6. The third-order valence-corrected chi connectivity index (χ3v) is 3.29. The number of amides is 1. The highest BCUT2D eigenvalue weighted by molar-refractivity contribution is 9.10. The van der Waals surface area contributed by atoms with E-state index in [4.69, 9.17) is 0 Å². The van der Waals surface area contributed by atoms with Crippen LogP contribution in [0.3, 0.4) is 0 Å². The number of aryl methyl sites for hydroxylation is 1. The Morgan fingerprint density at radius 3 is 2.58 bits per heavy atom. The Bertz CT molecular complexity index is 623. The van der Waals surface area contributed by atoms with Crippen LogP contribution in [0.5, 0.6) is 0 Å². The minimum absolute atomic E-state index is 0.0776. The quantitative estimate of drug-likeness (QED) is 0.876. The molecule has 0 atom stereocenters. The molecule has 0 bridgehead atoms. The Hall–Kier alpha value is -1.75. The highest BCUT2D eigenvalue weighted by Gasteiger charge is 2.16. The zero-order valence-corrected chi connectivity index (χ0v) is 11.6. The molecule has 0 heterocycles. The Labute approximate surface area is 117 Å². The normalized spacial score (nSPS) is 10.3. The van der Waals surface area contributed by atoms with Crippen molar-refractivity contribution in [2.24, 2.45) is 0 Å². The van der Waals surface area contributed by atoms with Crippen LogP contribution >= 0.6 is 15.9 Å². The SMILES string of the molecule is Cc1cc(F)ccc1NC(=O)c1c(F)cccc1Br. The molecular formula is C14H10BrF2NO. The van der Waals surface area contributed by atoms with E-state index in [-0.39, 0.29) is 11.4 Å². The molecule has 19 heavy (non-hydrogen) atoms. The first-order chi connectivity index (χ1) is 8.99. The Morgan fingerprint density at radius 2 is 1.95 bits per heavy atom. The first-order valence-corrected chi connectivity index (χ1v) is 6.30. The second-order valence-corrected chi connectivity index (χ2v) is 4.86. The molecule has 0 aromatic heterocycles. The predicted molar refractivity (Wildman–Crippen MR) is 73.2 cm³/mol. The summed E-state index contributed by atoms with van der Waals surface area (Å²) in [4.78, 5) is 12.0. The zero-order valence-electron chi connectivity index (χ0n) is 10.0. The van der Waals surface area contributed by atoms with E-state index in [9.17, 15) is 13.6 Å². The number of hydrogen-bond donors (Lipinski definition) is 1. The van der Waals surface area contributed by atoms with Crippen molar-refractivity contribution in [1.82, 2.24) is 0 Å². The van der Waals surface area contributed by atoms with Gasteiger partial charge in [0.25, 0.3) is 5.91 Å². The Morgan fingerprint density at radius 1 is 1.21 bits per heavy atom. The molecule has 2 aromatic rings. The van der Waals surface area contributed by atoms with Crippen LogP contribution in [0.2, 0.25) is 0 Å². The van der Waals surface area contributed by atoms with Crippen molar-refractivity contribution in [3.8, 4) is 0 Å². The van der Waals surface area contributed by atoms with E-state index in [0.717, 1.165) is 0 Å². The summed E-state index contributed by atoms with van der Waals surface area (Å²) in [7, 11) is 0. The van der Waals surface area contributed by atoms with Gasteiger partial charge in [0.1, 0.15) is 11.6 Å². The number of carbonyl (C=O) groups is 1. The van der Waals surface area contributed by atoms with Crippen LogP contribution in [0.1, 0.15) is 15.9 Å². The average Bonchev–Trinajstić information content (AvgIpc) is 2.32. The lowest BCUT2D eigenvalue weighted by atomic mass is 10.1. The summed E-state index contributed by atoms with van der Waals surface area (Å²) in [6.45, 7) is 1.66. The summed E-state index contributed by atoms with van der Waals surface area (Å²) >= 11 is 3.13. The van der Waals surface area contributed by atoms with E-state index >= 15 is 0 Å². The smallest absolute Gasteiger partial charge is 0.259 e. The van der Waals surface area contributed by atoms with Gasteiger partial charge in [0.2, 0.25) is 0 Å². The molecule has 0 aliphatic carbocycles. The largest absolute Gasteiger partial charge is 0.322 e. The lowest BCUT2D eigenvalue weighted by molar-refractivity contribution is 0.102. The topological polar surface area (TPSA) is 29.1 Å². The molecule has 1 N–H and O–H groups in total.